The number of amides is 1. The molecule has 0 saturated heterocycles. The first-order chi connectivity index (χ1) is 14.4. The molecule has 0 fully saturated rings. The van der Waals surface area contributed by atoms with Gasteiger partial charge in [-0.25, -0.2) is 19.0 Å². The average molecular weight is 442 g/mol. The van der Waals surface area contributed by atoms with Crippen LogP contribution >= 0.6 is 23.1 Å². The number of nitrogens with zero attached hydrogens (tertiary/aromatic N) is 4. The van der Waals surface area contributed by atoms with Crippen molar-refractivity contribution >= 4 is 45.0 Å². The largest absolute Gasteiger partial charge is 0.310 e. The molecule has 1 aromatic carbocycles. The summed E-state index contributed by atoms with van der Waals surface area (Å²) in [6.07, 6.45) is 3.17. The van der Waals surface area contributed by atoms with Crippen molar-refractivity contribution in [2.75, 3.05) is 5.32 Å². The van der Waals surface area contributed by atoms with Crippen molar-refractivity contribution in [2.24, 2.45) is 0 Å². The smallest absolute Gasteiger partial charge is 0.238 e. The Hall–Kier alpha value is -2.78. The van der Waals surface area contributed by atoms with E-state index in [0.717, 1.165) is 25.7 Å². The second kappa shape index (κ2) is 8.53. The summed E-state index contributed by atoms with van der Waals surface area (Å²) in [7, 11) is 0. The number of thioether (sulfide) groups is 1. The zero-order valence-electron chi connectivity index (χ0n) is 16.7. The lowest BCUT2D eigenvalue weighted by Crippen LogP contribution is -2.24. The molecule has 0 radical (unpaired) electrons. The Morgan fingerprint density at radius 1 is 1.17 bits per heavy atom. The maximum atomic E-state index is 13.2. The van der Waals surface area contributed by atoms with Crippen molar-refractivity contribution in [1.29, 1.82) is 0 Å². The molecule has 0 aliphatic carbocycles. The van der Waals surface area contributed by atoms with Crippen LogP contribution in [0, 0.1) is 5.82 Å². The molecule has 0 saturated carbocycles. The Balaban J connectivity index is 1.55. The van der Waals surface area contributed by atoms with Crippen LogP contribution in [-0.4, -0.2) is 30.9 Å². The number of fused-ring (bicyclic) bond motifs is 1. The summed E-state index contributed by atoms with van der Waals surface area (Å²) in [6, 6.07) is 10.3. The number of nitrogens with one attached hydrogen (secondary N) is 1. The minimum atomic E-state index is -0.366. The van der Waals surface area contributed by atoms with Crippen molar-refractivity contribution in [3.63, 3.8) is 0 Å². The first kappa shape index (κ1) is 20.5. The van der Waals surface area contributed by atoms with Crippen LogP contribution in [0.15, 0.2) is 53.9 Å². The van der Waals surface area contributed by atoms with Gasteiger partial charge in [-0.1, -0.05) is 23.9 Å². The second-order valence-electron chi connectivity index (χ2n) is 7.01. The molecule has 4 rings (SSSR count). The fraction of sp³-hybridized carbons (Fsp3) is 0.238. The highest BCUT2D eigenvalue weighted by Crippen LogP contribution is 2.38. The number of carbonyl (C=O) groups excluding carboxylic acids is 1. The summed E-state index contributed by atoms with van der Waals surface area (Å²) in [6.45, 7) is 5.86. The van der Waals surface area contributed by atoms with E-state index in [1.165, 1.54) is 41.6 Å². The third kappa shape index (κ3) is 4.22. The van der Waals surface area contributed by atoms with Crippen molar-refractivity contribution in [1.82, 2.24) is 19.7 Å². The summed E-state index contributed by atoms with van der Waals surface area (Å²) >= 11 is 2.92. The van der Waals surface area contributed by atoms with E-state index >= 15 is 0 Å². The topological polar surface area (TPSA) is 72.7 Å². The van der Waals surface area contributed by atoms with Gasteiger partial charge in [-0.2, -0.15) is 5.10 Å². The number of thiophene rings is 1. The molecular weight excluding hydrogens is 421 g/mol. The molecular formula is C21H20FN5OS2. The molecule has 0 aliphatic heterocycles. The zero-order valence-corrected chi connectivity index (χ0v) is 18.3. The van der Waals surface area contributed by atoms with E-state index < -0.39 is 0 Å². The number of rotatable bonds is 6. The van der Waals surface area contributed by atoms with Gasteiger partial charge in [0, 0.05) is 17.0 Å². The second-order valence-corrected chi connectivity index (χ2v) is 9.40. The Kier molecular flexibility index (Phi) is 5.83. The number of anilines is 1. The fourth-order valence-electron chi connectivity index (χ4n) is 2.95. The molecule has 30 heavy (non-hydrogen) atoms. The summed E-state index contributed by atoms with van der Waals surface area (Å²) in [5, 5.41) is 7.57. The lowest BCUT2D eigenvalue weighted by molar-refractivity contribution is -0.115. The number of aromatic nitrogens is 4. The lowest BCUT2D eigenvalue weighted by Gasteiger charge is -2.14. The van der Waals surface area contributed by atoms with Crippen LogP contribution in [0.1, 0.15) is 26.8 Å². The Labute approximate surface area is 181 Å². The minimum absolute atomic E-state index is 0.121. The molecule has 0 spiro atoms. The molecule has 4 aromatic rings. The van der Waals surface area contributed by atoms with Gasteiger partial charge in [0.05, 0.1) is 21.7 Å². The van der Waals surface area contributed by atoms with E-state index in [2.05, 4.69) is 20.4 Å². The normalized spacial score (nSPS) is 12.4. The first-order valence-corrected chi connectivity index (χ1v) is 11.1. The highest BCUT2D eigenvalue weighted by Gasteiger charge is 2.20. The Morgan fingerprint density at radius 3 is 2.67 bits per heavy atom. The molecule has 1 atom stereocenters. The summed E-state index contributed by atoms with van der Waals surface area (Å²) < 4.78 is 15.9. The molecule has 0 bridgehead atoms. The number of halogens is 1. The molecule has 1 unspecified atom stereocenters. The van der Waals surface area contributed by atoms with Gasteiger partial charge in [0.2, 0.25) is 5.91 Å². The van der Waals surface area contributed by atoms with E-state index in [1.54, 1.807) is 29.1 Å². The molecule has 9 heteroatoms. The van der Waals surface area contributed by atoms with Crippen molar-refractivity contribution < 1.29 is 9.18 Å². The molecule has 1 amide bonds. The fourth-order valence-corrected chi connectivity index (χ4v) is 5.04. The van der Waals surface area contributed by atoms with Gasteiger partial charge < -0.3 is 5.32 Å². The van der Waals surface area contributed by atoms with Crippen molar-refractivity contribution in [2.45, 2.75) is 37.1 Å². The average Bonchev–Trinajstić information content (AvgIpc) is 3.36. The third-order valence-corrected chi connectivity index (χ3v) is 6.89. The van der Waals surface area contributed by atoms with Crippen LogP contribution in [-0.2, 0) is 4.79 Å². The number of carbonyl (C=O) groups is 1. The quantitative estimate of drug-likeness (QED) is 0.321. The van der Waals surface area contributed by atoms with Crippen LogP contribution in [0.4, 0.5) is 10.2 Å². The third-order valence-electron chi connectivity index (χ3n) is 4.48. The van der Waals surface area contributed by atoms with Gasteiger partial charge in [-0.05, 0) is 44.5 Å². The Morgan fingerprint density at radius 2 is 1.93 bits per heavy atom. The molecule has 0 aliphatic rings. The van der Waals surface area contributed by atoms with E-state index in [0.29, 0.717) is 5.82 Å². The predicted molar refractivity (Wildman–Crippen MR) is 119 cm³/mol. The van der Waals surface area contributed by atoms with Gasteiger partial charge in [-0.15, -0.1) is 11.3 Å². The monoisotopic (exact) mass is 441 g/mol. The molecule has 3 heterocycles. The molecule has 154 valence electrons. The van der Waals surface area contributed by atoms with Gasteiger partial charge in [0.25, 0.3) is 0 Å². The van der Waals surface area contributed by atoms with E-state index in [4.69, 9.17) is 0 Å². The summed E-state index contributed by atoms with van der Waals surface area (Å²) in [5.74, 6) is 0.282. The zero-order chi connectivity index (χ0) is 21.3. The maximum absolute atomic E-state index is 13.2. The van der Waals surface area contributed by atoms with Crippen LogP contribution in [0.25, 0.3) is 20.7 Å². The van der Waals surface area contributed by atoms with Crippen LogP contribution in [0.3, 0.4) is 0 Å². The number of hydrogen-bond acceptors (Lipinski definition) is 6. The van der Waals surface area contributed by atoms with Gasteiger partial charge >= 0.3 is 0 Å². The Bertz CT molecular complexity index is 1190. The van der Waals surface area contributed by atoms with Crippen LogP contribution in [0.2, 0.25) is 0 Å². The van der Waals surface area contributed by atoms with Gasteiger partial charge in [0.15, 0.2) is 0 Å². The molecule has 6 nitrogen and oxygen atoms in total. The van der Waals surface area contributed by atoms with Gasteiger partial charge in [-0.3, -0.25) is 4.79 Å². The van der Waals surface area contributed by atoms with E-state index in [1.807, 2.05) is 26.8 Å². The minimum Gasteiger partial charge on any atom is -0.310 e. The summed E-state index contributed by atoms with van der Waals surface area (Å²) in [5.41, 5.74) is 1.73. The SMILES string of the molecule is CC(Sc1ncnc2cc(-c3ccc(F)cc3)sc12)C(=O)Nc1ccnn1C(C)C. The highest BCUT2D eigenvalue weighted by atomic mass is 32.2. The first-order valence-electron chi connectivity index (χ1n) is 9.44. The van der Waals surface area contributed by atoms with Crippen LogP contribution in [0.5, 0.6) is 0 Å². The highest BCUT2D eigenvalue weighted by molar-refractivity contribution is 8.00. The lowest BCUT2D eigenvalue weighted by atomic mass is 10.2. The van der Waals surface area contributed by atoms with E-state index in [9.17, 15) is 9.18 Å². The molecule has 3 aromatic heterocycles. The van der Waals surface area contributed by atoms with Crippen molar-refractivity contribution in [3.05, 3.63) is 54.7 Å². The van der Waals surface area contributed by atoms with Gasteiger partial charge in [0.1, 0.15) is 23.0 Å². The maximum Gasteiger partial charge on any atom is 0.238 e. The summed E-state index contributed by atoms with van der Waals surface area (Å²) in [4.78, 5) is 22.5. The number of hydrogen-bond donors (Lipinski definition) is 1. The molecule has 1 N–H and O–H groups in total. The number of benzene rings is 1. The van der Waals surface area contributed by atoms with E-state index in [-0.39, 0.29) is 23.0 Å². The standard InChI is InChI=1S/C21H20FN5OS2/c1-12(2)27-18(8-9-25-27)26-20(28)13(3)29-21-19-16(23-11-24-21)10-17(30-19)14-4-6-15(22)7-5-14/h4-13H,1-3H3,(H,26,28). The predicted octanol–water partition coefficient (Wildman–Crippen LogP) is 5.39. The van der Waals surface area contributed by atoms with Crippen molar-refractivity contribution in [3.8, 4) is 10.4 Å². The van der Waals surface area contributed by atoms with Crippen LogP contribution < -0.4 is 5.32 Å².